The average molecular weight is 440 g/mol. The largest absolute Gasteiger partial charge is 0.447 e. The Morgan fingerprint density at radius 2 is 1.81 bits per heavy atom. The summed E-state index contributed by atoms with van der Waals surface area (Å²) in [6.45, 7) is 2.68. The molecule has 5 rings (SSSR count). The van der Waals surface area contributed by atoms with Crippen molar-refractivity contribution in [2.45, 2.75) is 43.4 Å². The number of likely N-dealkylation sites (tertiary alicyclic amines) is 2. The van der Waals surface area contributed by atoms with Gasteiger partial charge in [-0.15, -0.1) is 0 Å². The van der Waals surface area contributed by atoms with Crippen LogP contribution in [-0.4, -0.2) is 76.3 Å². The minimum Gasteiger partial charge on any atom is -0.447 e. The Bertz CT molecular complexity index is 871. The normalized spacial score (nSPS) is 24.4. The van der Waals surface area contributed by atoms with E-state index in [9.17, 15) is 22.8 Å². The predicted octanol–water partition coefficient (Wildman–Crippen LogP) is 2.07. The van der Waals surface area contributed by atoms with Crippen LogP contribution in [0, 0.1) is 5.41 Å². The maximum atomic E-state index is 12.6. The molecule has 1 aromatic rings. The summed E-state index contributed by atoms with van der Waals surface area (Å²) in [5, 5.41) is 5.94. The second kappa shape index (κ2) is 6.86. The molecule has 2 spiro atoms. The van der Waals surface area contributed by atoms with Crippen LogP contribution in [0.25, 0.3) is 0 Å². The Morgan fingerprint density at radius 3 is 2.35 bits per heavy atom. The van der Waals surface area contributed by atoms with Gasteiger partial charge in [0, 0.05) is 24.5 Å². The van der Waals surface area contributed by atoms with Gasteiger partial charge in [-0.05, 0) is 25.7 Å². The Kier molecular flexibility index (Phi) is 4.45. The van der Waals surface area contributed by atoms with Crippen molar-refractivity contribution in [2.24, 2.45) is 5.41 Å². The topological polar surface area (TPSA) is 99.7 Å². The Morgan fingerprint density at radius 1 is 1.13 bits per heavy atom. The lowest BCUT2D eigenvalue weighted by molar-refractivity contribution is -0.141. The summed E-state index contributed by atoms with van der Waals surface area (Å²) < 4.78 is 42.7. The third kappa shape index (κ3) is 3.72. The average Bonchev–Trinajstić information content (AvgIpc) is 3.07. The van der Waals surface area contributed by atoms with Crippen molar-refractivity contribution in [2.75, 3.05) is 38.1 Å². The molecule has 0 radical (unpaired) electrons. The summed E-state index contributed by atoms with van der Waals surface area (Å²) in [6.07, 6.45) is 0.544. The van der Waals surface area contributed by atoms with Gasteiger partial charge in [0.05, 0.1) is 25.5 Å². The highest BCUT2D eigenvalue weighted by atomic mass is 19.4. The Balaban J connectivity index is 1.06. The summed E-state index contributed by atoms with van der Waals surface area (Å²) in [5.74, 6) is 0.342. The zero-order valence-electron chi connectivity index (χ0n) is 16.7. The van der Waals surface area contributed by atoms with Crippen molar-refractivity contribution in [1.82, 2.24) is 25.1 Å². The second-order valence-electron chi connectivity index (χ2n) is 9.18. The van der Waals surface area contributed by atoms with Gasteiger partial charge in [0.25, 0.3) is 0 Å². The number of hydrogen-bond donors (Lipinski definition) is 2. The number of anilines is 1. The van der Waals surface area contributed by atoms with Gasteiger partial charge in [-0.2, -0.15) is 13.2 Å². The van der Waals surface area contributed by atoms with E-state index in [0.717, 1.165) is 38.1 Å². The number of amides is 3. The van der Waals surface area contributed by atoms with Crippen LogP contribution in [0.2, 0.25) is 0 Å². The number of carbonyl (C=O) groups is 2. The first-order valence-electron chi connectivity index (χ1n) is 10.3. The number of alkyl carbamates (subject to hydrolysis) is 1. The van der Waals surface area contributed by atoms with Crippen molar-refractivity contribution in [3.63, 3.8) is 0 Å². The molecule has 1 aromatic heterocycles. The summed E-state index contributed by atoms with van der Waals surface area (Å²) in [6, 6.07) is 0.125. The molecular weight excluding hydrogens is 417 g/mol. The highest BCUT2D eigenvalue weighted by Crippen LogP contribution is 2.45. The molecule has 3 aliphatic heterocycles. The molecule has 3 amide bonds. The number of alkyl halides is 3. The summed E-state index contributed by atoms with van der Waals surface area (Å²) in [4.78, 5) is 34.7. The molecule has 31 heavy (non-hydrogen) atoms. The van der Waals surface area contributed by atoms with Gasteiger partial charge in [-0.1, -0.05) is 0 Å². The summed E-state index contributed by atoms with van der Waals surface area (Å²) in [7, 11) is 0. The lowest BCUT2D eigenvalue weighted by Crippen LogP contribution is -2.73. The van der Waals surface area contributed by atoms with E-state index in [4.69, 9.17) is 4.74 Å². The fourth-order valence-electron chi connectivity index (χ4n) is 5.03. The van der Waals surface area contributed by atoms with E-state index in [1.54, 1.807) is 4.90 Å². The predicted molar refractivity (Wildman–Crippen MR) is 101 cm³/mol. The number of nitrogens with zero attached hydrogens (tertiary/aromatic N) is 4. The zero-order valence-corrected chi connectivity index (χ0v) is 16.7. The van der Waals surface area contributed by atoms with Gasteiger partial charge in [0.1, 0.15) is 18.0 Å². The molecule has 9 nitrogen and oxygen atoms in total. The molecule has 0 atom stereocenters. The van der Waals surface area contributed by atoms with Gasteiger partial charge < -0.3 is 25.2 Å². The molecule has 1 aliphatic carbocycles. The number of carbonyl (C=O) groups excluding carboxylic acids is 2. The SMILES string of the molecule is O=C1NC2(CO1)CN(C(=O)N1CC3(CCC(Nc4cnc(C(F)(F)F)cn4)CC3)C1)C2. The van der Waals surface area contributed by atoms with Gasteiger partial charge in [0.15, 0.2) is 5.69 Å². The summed E-state index contributed by atoms with van der Waals surface area (Å²) in [5.41, 5.74) is -1.30. The first-order chi connectivity index (χ1) is 14.7. The van der Waals surface area contributed by atoms with E-state index in [2.05, 4.69) is 20.6 Å². The molecule has 4 fully saturated rings. The molecule has 0 unspecified atom stereocenters. The van der Waals surface area contributed by atoms with E-state index < -0.39 is 23.5 Å². The first-order valence-corrected chi connectivity index (χ1v) is 10.3. The van der Waals surface area contributed by atoms with Crippen LogP contribution in [0.5, 0.6) is 0 Å². The fourth-order valence-corrected chi connectivity index (χ4v) is 5.03. The smallest absolute Gasteiger partial charge is 0.434 e. The van der Waals surface area contributed by atoms with Crippen LogP contribution >= 0.6 is 0 Å². The van der Waals surface area contributed by atoms with Crippen molar-refractivity contribution >= 4 is 17.9 Å². The van der Waals surface area contributed by atoms with Crippen molar-refractivity contribution in [3.8, 4) is 0 Å². The molecule has 12 heteroatoms. The Hall–Kier alpha value is -2.79. The number of aromatic nitrogens is 2. The number of hydrogen-bond acceptors (Lipinski definition) is 6. The summed E-state index contributed by atoms with van der Waals surface area (Å²) >= 11 is 0. The van der Waals surface area contributed by atoms with Crippen molar-refractivity contribution < 1.29 is 27.5 Å². The molecule has 1 saturated carbocycles. The number of rotatable bonds is 2. The maximum Gasteiger partial charge on any atom is 0.434 e. The van der Waals surface area contributed by atoms with Crippen LogP contribution < -0.4 is 10.6 Å². The molecule has 168 valence electrons. The third-order valence-electron chi connectivity index (χ3n) is 6.77. The lowest BCUT2D eigenvalue weighted by Gasteiger charge is -2.56. The maximum absolute atomic E-state index is 12.6. The minimum atomic E-state index is -4.49. The molecular formula is C19H23F3N6O3. The molecule has 4 aliphatic rings. The molecule has 3 saturated heterocycles. The van der Waals surface area contributed by atoms with Crippen LogP contribution in [0.3, 0.4) is 0 Å². The lowest BCUT2D eigenvalue weighted by atomic mass is 9.67. The van der Waals surface area contributed by atoms with Crippen LogP contribution in [0.4, 0.5) is 28.6 Å². The Labute approximate surface area is 176 Å². The molecule has 0 bridgehead atoms. The van der Waals surface area contributed by atoms with Gasteiger partial charge in [-0.25, -0.2) is 19.6 Å². The van der Waals surface area contributed by atoms with Crippen molar-refractivity contribution in [3.05, 3.63) is 18.1 Å². The van der Waals surface area contributed by atoms with Crippen LogP contribution in [0.15, 0.2) is 12.4 Å². The second-order valence-corrected chi connectivity index (χ2v) is 9.18. The highest BCUT2D eigenvalue weighted by Gasteiger charge is 2.54. The van der Waals surface area contributed by atoms with Gasteiger partial charge in [-0.3, -0.25) is 0 Å². The molecule has 4 heterocycles. The number of halogens is 3. The number of nitrogens with one attached hydrogen (secondary N) is 2. The third-order valence-corrected chi connectivity index (χ3v) is 6.77. The van der Waals surface area contributed by atoms with Gasteiger partial charge in [0.2, 0.25) is 0 Å². The van der Waals surface area contributed by atoms with E-state index >= 15 is 0 Å². The minimum absolute atomic E-state index is 0.00215. The van der Waals surface area contributed by atoms with E-state index in [-0.39, 0.29) is 17.5 Å². The highest BCUT2D eigenvalue weighted by molar-refractivity contribution is 5.78. The molecule has 0 aromatic carbocycles. The standard InChI is InChI=1S/C19H23F3N6O3/c20-19(21,22)13-5-24-14(6-23-13)25-12-1-3-17(4-2-12)7-27(8-17)16(30)28-9-18(10-28)11-31-15(29)26-18/h5-6,12H,1-4,7-11H2,(H,24,25)(H,26,29). The molecule has 2 N–H and O–H groups in total. The van der Waals surface area contributed by atoms with Crippen LogP contribution in [-0.2, 0) is 10.9 Å². The quantitative estimate of drug-likeness (QED) is 0.731. The van der Waals surface area contributed by atoms with Crippen molar-refractivity contribution in [1.29, 1.82) is 0 Å². The first kappa shape index (κ1) is 20.1. The number of ether oxygens (including phenoxy) is 1. The van der Waals surface area contributed by atoms with E-state index in [1.165, 1.54) is 0 Å². The van der Waals surface area contributed by atoms with E-state index in [0.29, 0.717) is 38.6 Å². The number of urea groups is 1. The zero-order chi connectivity index (χ0) is 21.9. The number of cyclic esters (lactones) is 1. The van der Waals surface area contributed by atoms with Crippen LogP contribution in [0.1, 0.15) is 31.4 Å². The fraction of sp³-hybridized carbons (Fsp3) is 0.684. The van der Waals surface area contributed by atoms with E-state index in [1.807, 2.05) is 4.90 Å². The van der Waals surface area contributed by atoms with Gasteiger partial charge >= 0.3 is 18.3 Å². The monoisotopic (exact) mass is 440 g/mol.